The fraction of sp³-hybridized carbons (Fsp3) is 0.538. The molecular weight excluding hydrogens is 296 g/mol. The van der Waals surface area contributed by atoms with Gasteiger partial charge in [0.2, 0.25) is 0 Å². The molecule has 0 amide bonds. The van der Waals surface area contributed by atoms with Crippen molar-refractivity contribution in [3.63, 3.8) is 0 Å². The lowest BCUT2D eigenvalue weighted by atomic mass is 9.95. The van der Waals surface area contributed by atoms with Crippen molar-refractivity contribution in [2.45, 2.75) is 24.2 Å². The highest BCUT2D eigenvalue weighted by Crippen LogP contribution is 2.21. The van der Waals surface area contributed by atoms with Crippen LogP contribution in [0.5, 0.6) is 0 Å². The normalized spacial score (nSPS) is 16.8. The number of hydrogen-bond acceptors (Lipinski definition) is 6. The lowest BCUT2D eigenvalue weighted by Crippen LogP contribution is -2.28. The van der Waals surface area contributed by atoms with Crippen molar-refractivity contribution >= 4 is 15.8 Å². The summed E-state index contributed by atoms with van der Waals surface area (Å²) in [5.74, 6) is 0.464. The van der Waals surface area contributed by atoms with Crippen LogP contribution in [0.15, 0.2) is 29.2 Å². The van der Waals surface area contributed by atoms with Gasteiger partial charge in [-0.1, -0.05) is 6.07 Å². The van der Waals surface area contributed by atoms with Crippen LogP contribution < -0.4 is 5.32 Å². The molecule has 1 saturated heterocycles. The van der Waals surface area contributed by atoms with Gasteiger partial charge >= 0.3 is 0 Å². The van der Waals surface area contributed by atoms with E-state index in [4.69, 9.17) is 4.18 Å². The molecule has 1 aliphatic heterocycles. The number of piperidine rings is 1. The fourth-order valence-corrected chi connectivity index (χ4v) is 3.28. The molecule has 8 heteroatoms. The maximum atomic E-state index is 12.0. The minimum absolute atomic E-state index is 0.107. The number of nitro groups is 1. The van der Waals surface area contributed by atoms with E-state index in [1.807, 2.05) is 0 Å². The van der Waals surface area contributed by atoms with E-state index in [-0.39, 0.29) is 17.2 Å². The van der Waals surface area contributed by atoms with Gasteiger partial charge in [0.15, 0.2) is 0 Å². The SMILES string of the molecule is O=[N+]([O-])c1cccc(S(=O)(=O)OCCC2CCNCC2)c1. The summed E-state index contributed by atoms with van der Waals surface area (Å²) in [4.78, 5) is 9.86. The van der Waals surface area contributed by atoms with E-state index in [0.717, 1.165) is 32.0 Å². The van der Waals surface area contributed by atoms with Crippen LogP contribution in [0.2, 0.25) is 0 Å². The van der Waals surface area contributed by atoms with Gasteiger partial charge in [0.05, 0.1) is 11.5 Å². The second-order valence-corrected chi connectivity index (χ2v) is 6.63. The van der Waals surface area contributed by atoms with Gasteiger partial charge in [-0.05, 0) is 44.3 Å². The molecule has 0 bridgehead atoms. The minimum atomic E-state index is -3.94. The molecule has 0 atom stereocenters. The van der Waals surface area contributed by atoms with Crippen molar-refractivity contribution in [1.29, 1.82) is 0 Å². The van der Waals surface area contributed by atoms with E-state index < -0.39 is 15.0 Å². The summed E-state index contributed by atoms with van der Waals surface area (Å²) in [5, 5.41) is 13.9. The third-order valence-corrected chi connectivity index (χ3v) is 4.85. The lowest BCUT2D eigenvalue weighted by molar-refractivity contribution is -0.385. The highest BCUT2D eigenvalue weighted by atomic mass is 32.2. The number of rotatable bonds is 6. The van der Waals surface area contributed by atoms with E-state index in [2.05, 4.69) is 5.32 Å². The third kappa shape index (κ3) is 4.48. The molecule has 1 aliphatic rings. The zero-order valence-electron chi connectivity index (χ0n) is 11.5. The zero-order chi connectivity index (χ0) is 15.3. The van der Waals surface area contributed by atoms with Gasteiger partial charge in [0.1, 0.15) is 4.90 Å². The van der Waals surface area contributed by atoms with Crippen LogP contribution in [-0.4, -0.2) is 33.0 Å². The molecule has 2 rings (SSSR count). The lowest BCUT2D eigenvalue weighted by Gasteiger charge is -2.22. The van der Waals surface area contributed by atoms with Crippen molar-refractivity contribution in [2.75, 3.05) is 19.7 Å². The van der Waals surface area contributed by atoms with Crippen LogP contribution in [0.3, 0.4) is 0 Å². The average Bonchev–Trinajstić information content (AvgIpc) is 2.48. The molecule has 0 radical (unpaired) electrons. The Balaban J connectivity index is 1.94. The van der Waals surface area contributed by atoms with Gasteiger partial charge in [0.25, 0.3) is 15.8 Å². The van der Waals surface area contributed by atoms with Gasteiger partial charge in [-0.3, -0.25) is 14.3 Å². The number of benzene rings is 1. The first-order chi connectivity index (χ1) is 9.99. The number of nitrogens with zero attached hydrogens (tertiary/aromatic N) is 1. The number of nitro benzene ring substituents is 1. The highest BCUT2D eigenvalue weighted by Gasteiger charge is 2.20. The maximum absolute atomic E-state index is 12.0. The maximum Gasteiger partial charge on any atom is 0.297 e. The predicted molar refractivity (Wildman–Crippen MR) is 76.4 cm³/mol. The van der Waals surface area contributed by atoms with E-state index in [9.17, 15) is 18.5 Å². The molecular formula is C13H18N2O5S. The van der Waals surface area contributed by atoms with Crippen LogP contribution in [0.25, 0.3) is 0 Å². The molecule has 0 spiro atoms. The van der Waals surface area contributed by atoms with Gasteiger partial charge < -0.3 is 5.32 Å². The van der Waals surface area contributed by atoms with Crippen molar-refractivity contribution in [2.24, 2.45) is 5.92 Å². The third-order valence-electron chi connectivity index (χ3n) is 3.54. The quantitative estimate of drug-likeness (QED) is 0.487. The van der Waals surface area contributed by atoms with E-state index in [0.29, 0.717) is 12.3 Å². The standard InChI is InChI=1S/C13H18N2O5S/c16-15(17)12-2-1-3-13(10-12)21(18,19)20-9-6-11-4-7-14-8-5-11/h1-3,10-11,14H,4-9H2. The summed E-state index contributed by atoms with van der Waals surface area (Å²) < 4.78 is 29.0. The zero-order valence-corrected chi connectivity index (χ0v) is 12.3. The summed E-state index contributed by atoms with van der Waals surface area (Å²) in [6.45, 7) is 2.00. The largest absolute Gasteiger partial charge is 0.317 e. The second-order valence-electron chi connectivity index (χ2n) is 5.01. The van der Waals surface area contributed by atoms with E-state index in [1.54, 1.807) is 0 Å². The monoisotopic (exact) mass is 314 g/mol. The predicted octanol–water partition coefficient (Wildman–Crippen LogP) is 1.69. The van der Waals surface area contributed by atoms with Crippen molar-refractivity contribution in [1.82, 2.24) is 5.32 Å². The molecule has 7 nitrogen and oxygen atoms in total. The Morgan fingerprint density at radius 1 is 1.33 bits per heavy atom. The first-order valence-electron chi connectivity index (χ1n) is 6.83. The molecule has 1 fully saturated rings. The van der Waals surface area contributed by atoms with Crippen molar-refractivity contribution < 1.29 is 17.5 Å². The molecule has 1 aromatic rings. The van der Waals surface area contributed by atoms with Crippen LogP contribution in [0.1, 0.15) is 19.3 Å². The Morgan fingerprint density at radius 3 is 2.71 bits per heavy atom. The first-order valence-corrected chi connectivity index (χ1v) is 8.24. The van der Waals surface area contributed by atoms with Crippen molar-refractivity contribution in [3.05, 3.63) is 34.4 Å². The van der Waals surface area contributed by atoms with Gasteiger partial charge in [-0.25, -0.2) is 0 Å². The molecule has 0 aromatic heterocycles. The summed E-state index contributed by atoms with van der Waals surface area (Å²) in [6.07, 6.45) is 2.70. The molecule has 116 valence electrons. The van der Waals surface area contributed by atoms with E-state index in [1.165, 1.54) is 18.2 Å². The molecule has 1 aromatic carbocycles. The Labute approximate surface area is 123 Å². The van der Waals surface area contributed by atoms with Gasteiger partial charge in [-0.15, -0.1) is 0 Å². The Morgan fingerprint density at radius 2 is 2.05 bits per heavy atom. The van der Waals surface area contributed by atoms with Crippen LogP contribution in [0, 0.1) is 16.0 Å². The minimum Gasteiger partial charge on any atom is -0.317 e. The average molecular weight is 314 g/mol. The molecule has 0 aliphatic carbocycles. The molecule has 0 unspecified atom stereocenters. The van der Waals surface area contributed by atoms with Gasteiger partial charge in [0, 0.05) is 12.1 Å². The molecule has 1 heterocycles. The summed E-state index contributed by atoms with van der Waals surface area (Å²) in [7, 11) is -3.94. The number of hydrogen-bond donors (Lipinski definition) is 1. The molecule has 21 heavy (non-hydrogen) atoms. The topological polar surface area (TPSA) is 98.5 Å². The summed E-state index contributed by atoms with van der Waals surface area (Å²) in [5.41, 5.74) is -0.266. The highest BCUT2D eigenvalue weighted by molar-refractivity contribution is 7.86. The second kappa shape index (κ2) is 6.97. The Bertz CT molecular complexity index is 596. The Kier molecular flexibility index (Phi) is 5.27. The fourth-order valence-electron chi connectivity index (χ4n) is 2.32. The van der Waals surface area contributed by atoms with Gasteiger partial charge in [-0.2, -0.15) is 8.42 Å². The van der Waals surface area contributed by atoms with E-state index >= 15 is 0 Å². The summed E-state index contributed by atoms with van der Waals surface area (Å²) >= 11 is 0. The Hall–Kier alpha value is -1.51. The number of nitrogens with one attached hydrogen (secondary N) is 1. The van der Waals surface area contributed by atoms with Crippen LogP contribution in [0.4, 0.5) is 5.69 Å². The smallest absolute Gasteiger partial charge is 0.297 e. The molecule has 1 N–H and O–H groups in total. The first kappa shape index (κ1) is 15.9. The molecule has 0 saturated carbocycles. The summed E-state index contributed by atoms with van der Waals surface area (Å²) in [6, 6.07) is 4.89. The van der Waals surface area contributed by atoms with Crippen LogP contribution in [-0.2, 0) is 14.3 Å². The van der Waals surface area contributed by atoms with Crippen molar-refractivity contribution in [3.8, 4) is 0 Å². The van der Waals surface area contributed by atoms with Crippen LogP contribution >= 0.6 is 0 Å². The number of non-ortho nitro benzene ring substituents is 1.